The standard InChI is InChI=1S/C28H30Br2N4O2/c1-18(2)25(28(36)33-31-17-19-15-22(29)26(34(3)4)23(30)16-19)32-27(35)24(20-11-7-5-8-12-20)21-13-9-6-10-14-21/h5-18,24-25H,1-4H3,(H,32,35)(H,33,36)/b31-17-/t25-/m1/s1. The molecule has 0 aromatic heterocycles. The topological polar surface area (TPSA) is 73.8 Å². The number of rotatable bonds is 9. The number of amides is 2. The summed E-state index contributed by atoms with van der Waals surface area (Å²) in [4.78, 5) is 28.5. The molecule has 6 nitrogen and oxygen atoms in total. The molecule has 3 aromatic rings. The SMILES string of the molecule is CC(C)[C@@H](NC(=O)C(c1ccccc1)c1ccccc1)C(=O)N/N=C\c1cc(Br)c(N(C)C)c(Br)c1. The van der Waals surface area contributed by atoms with Crippen molar-refractivity contribution in [2.75, 3.05) is 19.0 Å². The Labute approximate surface area is 229 Å². The van der Waals surface area contributed by atoms with Crippen LogP contribution in [0.2, 0.25) is 0 Å². The minimum absolute atomic E-state index is 0.140. The maximum absolute atomic E-state index is 13.5. The molecule has 8 heteroatoms. The summed E-state index contributed by atoms with van der Waals surface area (Å²) in [6.45, 7) is 3.78. The van der Waals surface area contributed by atoms with Crippen LogP contribution in [0.15, 0.2) is 86.8 Å². The van der Waals surface area contributed by atoms with Crippen LogP contribution in [0.4, 0.5) is 5.69 Å². The van der Waals surface area contributed by atoms with E-state index in [9.17, 15) is 9.59 Å². The molecule has 0 spiro atoms. The first-order valence-electron chi connectivity index (χ1n) is 11.6. The average molecular weight is 614 g/mol. The Bertz CT molecular complexity index is 1150. The highest BCUT2D eigenvalue weighted by molar-refractivity contribution is 9.11. The Balaban J connectivity index is 1.76. The van der Waals surface area contributed by atoms with E-state index in [2.05, 4.69) is 47.7 Å². The number of hydrogen-bond acceptors (Lipinski definition) is 4. The Morgan fingerprint density at radius 2 is 1.36 bits per heavy atom. The molecule has 2 amide bonds. The lowest BCUT2D eigenvalue weighted by atomic mass is 9.89. The fraction of sp³-hybridized carbons (Fsp3) is 0.250. The molecule has 188 valence electrons. The maximum atomic E-state index is 13.5. The summed E-state index contributed by atoms with van der Waals surface area (Å²) in [5, 5.41) is 7.09. The molecular formula is C28H30Br2N4O2. The van der Waals surface area contributed by atoms with E-state index >= 15 is 0 Å². The zero-order chi connectivity index (χ0) is 26.2. The summed E-state index contributed by atoms with van der Waals surface area (Å²) in [7, 11) is 3.92. The Morgan fingerprint density at radius 3 is 1.81 bits per heavy atom. The number of hydrogen-bond donors (Lipinski definition) is 2. The normalized spacial score (nSPS) is 12.1. The molecule has 3 rings (SSSR count). The van der Waals surface area contributed by atoms with E-state index in [1.54, 1.807) is 6.21 Å². The van der Waals surface area contributed by atoms with E-state index in [0.29, 0.717) is 0 Å². The average Bonchev–Trinajstić information content (AvgIpc) is 2.83. The van der Waals surface area contributed by atoms with Gasteiger partial charge in [0.1, 0.15) is 6.04 Å². The largest absolute Gasteiger partial charge is 0.376 e. The number of halogens is 2. The number of benzene rings is 3. The van der Waals surface area contributed by atoms with E-state index in [0.717, 1.165) is 31.3 Å². The van der Waals surface area contributed by atoms with Crippen LogP contribution >= 0.6 is 31.9 Å². The third-order valence-corrected chi connectivity index (χ3v) is 6.86. The lowest BCUT2D eigenvalue weighted by molar-refractivity contribution is -0.130. The predicted molar refractivity (Wildman–Crippen MR) is 153 cm³/mol. The highest BCUT2D eigenvalue weighted by Crippen LogP contribution is 2.34. The first-order valence-corrected chi connectivity index (χ1v) is 13.2. The van der Waals surface area contributed by atoms with Crippen molar-refractivity contribution in [1.29, 1.82) is 0 Å². The van der Waals surface area contributed by atoms with E-state index < -0.39 is 12.0 Å². The van der Waals surface area contributed by atoms with E-state index in [1.165, 1.54) is 0 Å². The predicted octanol–water partition coefficient (Wildman–Crippen LogP) is 5.70. The van der Waals surface area contributed by atoms with Gasteiger partial charge in [0.2, 0.25) is 5.91 Å². The maximum Gasteiger partial charge on any atom is 0.262 e. The van der Waals surface area contributed by atoms with Crippen LogP contribution in [0.25, 0.3) is 0 Å². The summed E-state index contributed by atoms with van der Waals surface area (Å²) in [5.41, 5.74) is 6.12. The van der Waals surface area contributed by atoms with Crippen LogP contribution in [-0.2, 0) is 9.59 Å². The molecule has 0 radical (unpaired) electrons. The second kappa shape index (κ2) is 12.8. The van der Waals surface area contributed by atoms with Gasteiger partial charge >= 0.3 is 0 Å². The van der Waals surface area contributed by atoms with Gasteiger partial charge in [0.05, 0.1) is 17.8 Å². The van der Waals surface area contributed by atoms with Crippen LogP contribution in [0.5, 0.6) is 0 Å². The molecule has 0 aliphatic carbocycles. The van der Waals surface area contributed by atoms with Gasteiger partial charge < -0.3 is 10.2 Å². The van der Waals surface area contributed by atoms with Crippen molar-refractivity contribution >= 4 is 55.6 Å². The van der Waals surface area contributed by atoms with Gasteiger partial charge in [-0.2, -0.15) is 5.10 Å². The second-order valence-corrected chi connectivity index (χ2v) is 10.7. The number of carbonyl (C=O) groups excluding carboxylic acids is 2. The molecule has 1 atom stereocenters. The van der Waals surface area contributed by atoms with Crippen LogP contribution in [-0.4, -0.2) is 38.2 Å². The third-order valence-electron chi connectivity index (χ3n) is 5.65. The van der Waals surface area contributed by atoms with E-state index in [-0.39, 0.29) is 17.7 Å². The Hall–Kier alpha value is -2.97. The number of carbonyl (C=O) groups is 2. The summed E-state index contributed by atoms with van der Waals surface area (Å²) in [6, 6.07) is 22.2. The van der Waals surface area contributed by atoms with Crippen molar-refractivity contribution in [3.8, 4) is 0 Å². The van der Waals surface area contributed by atoms with Crippen LogP contribution in [0, 0.1) is 5.92 Å². The number of nitrogens with zero attached hydrogens (tertiary/aromatic N) is 2. The van der Waals surface area contributed by atoms with Gasteiger partial charge in [-0.15, -0.1) is 0 Å². The molecule has 0 bridgehead atoms. The highest BCUT2D eigenvalue weighted by atomic mass is 79.9. The van der Waals surface area contributed by atoms with Gasteiger partial charge in [-0.1, -0.05) is 74.5 Å². The first-order chi connectivity index (χ1) is 17.2. The van der Waals surface area contributed by atoms with Crippen molar-refractivity contribution in [2.24, 2.45) is 11.0 Å². The van der Waals surface area contributed by atoms with Gasteiger partial charge in [0.25, 0.3) is 5.91 Å². The number of hydrazone groups is 1. The summed E-state index contributed by atoms with van der Waals surface area (Å²) < 4.78 is 1.80. The van der Waals surface area contributed by atoms with E-state index in [4.69, 9.17) is 0 Å². The van der Waals surface area contributed by atoms with Gasteiger partial charge in [-0.05, 0) is 66.6 Å². The summed E-state index contributed by atoms with van der Waals surface area (Å²) in [5.74, 6) is -1.29. The molecule has 0 aliphatic heterocycles. The van der Waals surface area contributed by atoms with E-state index in [1.807, 2.05) is 106 Å². The fourth-order valence-corrected chi connectivity index (χ4v) is 5.82. The third kappa shape index (κ3) is 7.04. The zero-order valence-corrected chi connectivity index (χ0v) is 23.9. The van der Waals surface area contributed by atoms with Crippen molar-refractivity contribution < 1.29 is 9.59 Å². The van der Waals surface area contributed by atoms with Gasteiger partial charge in [-0.3, -0.25) is 9.59 Å². The summed E-state index contributed by atoms with van der Waals surface area (Å²) in [6.07, 6.45) is 1.57. The van der Waals surface area contributed by atoms with Crippen molar-refractivity contribution in [1.82, 2.24) is 10.7 Å². The molecule has 0 saturated heterocycles. The molecular weight excluding hydrogens is 584 g/mol. The van der Waals surface area contributed by atoms with Crippen molar-refractivity contribution in [2.45, 2.75) is 25.8 Å². The number of anilines is 1. The molecule has 0 fully saturated rings. The van der Waals surface area contributed by atoms with Crippen LogP contribution in [0.1, 0.15) is 36.5 Å². The van der Waals surface area contributed by atoms with Crippen molar-refractivity contribution in [3.63, 3.8) is 0 Å². The monoisotopic (exact) mass is 612 g/mol. The first kappa shape index (κ1) is 27.6. The molecule has 3 aromatic carbocycles. The minimum atomic E-state index is -0.751. The quantitative estimate of drug-likeness (QED) is 0.240. The Kier molecular flexibility index (Phi) is 9.84. The lowest BCUT2D eigenvalue weighted by Gasteiger charge is -2.24. The van der Waals surface area contributed by atoms with Crippen LogP contribution in [0.3, 0.4) is 0 Å². The second-order valence-electron chi connectivity index (χ2n) is 8.95. The number of nitrogens with one attached hydrogen (secondary N) is 2. The molecule has 0 heterocycles. The smallest absolute Gasteiger partial charge is 0.262 e. The molecule has 36 heavy (non-hydrogen) atoms. The lowest BCUT2D eigenvalue weighted by Crippen LogP contribution is -2.50. The fourth-order valence-electron chi connectivity index (χ4n) is 3.88. The highest BCUT2D eigenvalue weighted by Gasteiger charge is 2.29. The zero-order valence-electron chi connectivity index (χ0n) is 20.7. The Morgan fingerprint density at radius 1 is 0.861 bits per heavy atom. The summed E-state index contributed by atoms with van der Waals surface area (Å²) >= 11 is 7.15. The van der Waals surface area contributed by atoms with Gasteiger partial charge in [0, 0.05) is 23.0 Å². The minimum Gasteiger partial charge on any atom is -0.376 e. The van der Waals surface area contributed by atoms with Crippen molar-refractivity contribution in [3.05, 3.63) is 98.4 Å². The molecule has 0 saturated carbocycles. The molecule has 0 unspecified atom stereocenters. The van der Waals surface area contributed by atoms with Crippen LogP contribution < -0.4 is 15.6 Å². The molecule has 0 aliphatic rings. The van der Waals surface area contributed by atoms with Gasteiger partial charge in [-0.25, -0.2) is 5.43 Å². The van der Waals surface area contributed by atoms with Gasteiger partial charge in [0.15, 0.2) is 0 Å². The molecule has 2 N–H and O–H groups in total.